The highest BCUT2D eigenvalue weighted by molar-refractivity contribution is 5.80. The van der Waals surface area contributed by atoms with E-state index in [1.54, 1.807) is 6.08 Å². The second-order valence-corrected chi connectivity index (χ2v) is 24.3. The number of hydrogen-bond donors (Lipinski definition) is 6. The fraction of sp³-hybridized carbons (Fsp3) is 0.886. The summed E-state index contributed by atoms with van der Waals surface area (Å²) in [5.41, 5.74) is 0. The van der Waals surface area contributed by atoms with Crippen molar-refractivity contribution >= 4 is 11.9 Å². The fourth-order valence-corrected chi connectivity index (χ4v) is 11.0. The zero-order valence-electron chi connectivity index (χ0n) is 52.9. The molecule has 1 saturated heterocycles. The number of carbonyl (C=O) groups excluding carboxylic acids is 2. The monoisotopic (exact) mass is 1150 g/mol. The normalized spacial score (nSPS) is 18.8. The van der Waals surface area contributed by atoms with Gasteiger partial charge in [0, 0.05) is 6.42 Å². The lowest BCUT2D eigenvalue weighted by Gasteiger charge is -2.41. The number of aliphatic hydroxyl groups excluding tert-OH is 5. The van der Waals surface area contributed by atoms with Crippen molar-refractivity contribution in [2.75, 3.05) is 13.2 Å². The van der Waals surface area contributed by atoms with Crippen molar-refractivity contribution in [2.45, 2.75) is 384 Å². The van der Waals surface area contributed by atoms with E-state index in [2.05, 4.69) is 50.4 Å². The van der Waals surface area contributed by atoms with Crippen LogP contribution in [0.15, 0.2) is 36.5 Å². The fourth-order valence-electron chi connectivity index (χ4n) is 11.0. The van der Waals surface area contributed by atoms with E-state index in [4.69, 9.17) is 14.2 Å². The van der Waals surface area contributed by atoms with E-state index >= 15 is 0 Å². The Bertz CT molecular complexity index is 1460. The smallest absolute Gasteiger partial charge is 0.306 e. The molecule has 8 unspecified atom stereocenters. The molecule has 1 rings (SSSR count). The summed E-state index contributed by atoms with van der Waals surface area (Å²) in [6.45, 7) is 5.81. The molecule has 0 spiro atoms. The van der Waals surface area contributed by atoms with E-state index in [0.29, 0.717) is 19.3 Å². The average molecular weight is 1150 g/mol. The second kappa shape index (κ2) is 58.3. The first-order chi connectivity index (χ1) is 39.7. The molecule has 1 amide bonds. The van der Waals surface area contributed by atoms with Crippen LogP contribution in [-0.4, -0.2) is 99.6 Å². The summed E-state index contributed by atoms with van der Waals surface area (Å²) in [5.74, 6) is -1.19. The van der Waals surface area contributed by atoms with E-state index in [0.717, 1.165) is 77.0 Å². The van der Waals surface area contributed by atoms with Crippen LogP contribution in [0.2, 0.25) is 0 Å². The molecule has 0 radical (unpaired) electrons. The number of carbonyl (C=O) groups is 2. The van der Waals surface area contributed by atoms with Crippen molar-refractivity contribution < 1.29 is 49.3 Å². The van der Waals surface area contributed by atoms with Crippen LogP contribution in [0, 0.1) is 0 Å². The third-order valence-electron chi connectivity index (χ3n) is 16.5. The molecule has 11 nitrogen and oxygen atoms in total. The van der Waals surface area contributed by atoms with E-state index in [1.807, 2.05) is 6.08 Å². The molecule has 1 heterocycles. The predicted molar refractivity (Wildman–Crippen MR) is 338 cm³/mol. The first-order valence-electron chi connectivity index (χ1n) is 34.8. The predicted octanol–water partition coefficient (Wildman–Crippen LogP) is 17.4. The molecule has 0 aliphatic carbocycles. The molecular weight excluding hydrogens is 1010 g/mol. The molecule has 1 aliphatic rings. The van der Waals surface area contributed by atoms with Crippen molar-refractivity contribution in [1.29, 1.82) is 0 Å². The Morgan fingerprint density at radius 2 is 0.852 bits per heavy atom. The van der Waals surface area contributed by atoms with Gasteiger partial charge in [-0.05, 0) is 57.8 Å². The Hall–Kier alpha value is -2.12. The topological polar surface area (TPSA) is 175 Å². The van der Waals surface area contributed by atoms with Crippen LogP contribution in [0.25, 0.3) is 0 Å². The molecular formula is C70H131NO10. The highest BCUT2D eigenvalue weighted by atomic mass is 16.7. The number of aliphatic hydroxyl groups is 5. The van der Waals surface area contributed by atoms with Crippen LogP contribution >= 0.6 is 0 Å². The van der Waals surface area contributed by atoms with Gasteiger partial charge in [-0.25, -0.2) is 0 Å². The molecule has 1 fully saturated rings. The summed E-state index contributed by atoms with van der Waals surface area (Å²) >= 11 is 0. The number of nitrogens with one attached hydrogen (secondary N) is 1. The first-order valence-corrected chi connectivity index (χ1v) is 34.8. The van der Waals surface area contributed by atoms with Gasteiger partial charge < -0.3 is 45.1 Å². The van der Waals surface area contributed by atoms with Crippen LogP contribution in [0.1, 0.15) is 335 Å². The number of hydrogen-bond acceptors (Lipinski definition) is 10. The Kier molecular flexibility index (Phi) is 55.3. The van der Waals surface area contributed by atoms with E-state index < -0.39 is 67.4 Å². The summed E-state index contributed by atoms with van der Waals surface area (Å²) in [7, 11) is 0. The zero-order chi connectivity index (χ0) is 58.9. The molecule has 0 bridgehead atoms. The van der Waals surface area contributed by atoms with E-state index in [1.165, 1.54) is 212 Å². The van der Waals surface area contributed by atoms with E-state index in [9.17, 15) is 35.1 Å². The number of unbranched alkanes of at least 4 members (excludes halogenated alkanes) is 42. The second-order valence-electron chi connectivity index (χ2n) is 24.3. The van der Waals surface area contributed by atoms with Crippen LogP contribution in [0.5, 0.6) is 0 Å². The van der Waals surface area contributed by atoms with Gasteiger partial charge in [0.25, 0.3) is 0 Å². The quantitative estimate of drug-likeness (QED) is 0.0195. The molecule has 6 N–H and O–H groups in total. The largest absolute Gasteiger partial charge is 0.454 e. The number of rotatable bonds is 60. The van der Waals surface area contributed by atoms with Gasteiger partial charge in [-0.2, -0.15) is 0 Å². The molecule has 0 aromatic heterocycles. The van der Waals surface area contributed by atoms with Crippen molar-refractivity contribution in [1.82, 2.24) is 5.32 Å². The standard InChI is InChI=1S/C70H131NO10/c1-4-7-10-13-16-19-22-25-27-29-30-31-32-33-35-36-39-42-45-48-51-54-57-63(74)69(78)71-61(62(73)56-53-50-47-44-41-38-24-21-18-15-12-9-6-3)60-79-70-68(67(77)66(76)64(59-72)80-70)81-65(75)58-55-52-49-46-43-40-37-34-28-26-23-20-17-14-11-8-5-2/h17,20,26,28,53,56,61-64,66-68,70,72-74,76-77H,4-16,18-19,21-25,27,29-52,54-55,57-60H2,1-3H3,(H,71,78)/b20-17-,28-26-,56-53+. The van der Waals surface area contributed by atoms with Gasteiger partial charge in [0.1, 0.15) is 24.4 Å². The van der Waals surface area contributed by atoms with Gasteiger partial charge in [0.05, 0.1) is 25.4 Å². The van der Waals surface area contributed by atoms with Gasteiger partial charge >= 0.3 is 5.97 Å². The highest BCUT2D eigenvalue weighted by Gasteiger charge is 2.47. The average Bonchev–Trinajstić information content (AvgIpc) is 3.46. The van der Waals surface area contributed by atoms with Crippen LogP contribution in [0.4, 0.5) is 0 Å². The third-order valence-corrected chi connectivity index (χ3v) is 16.5. The number of ether oxygens (including phenoxy) is 3. The lowest BCUT2D eigenvalue weighted by atomic mass is 9.99. The summed E-state index contributed by atoms with van der Waals surface area (Å²) in [6.07, 6.45) is 60.4. The minimum Gasteiger partial charge on any atom is -0.454 e. The minimum atomic E-state index is -1.61. The third kappa shape index (κ3) is 45.9. The summed E-state index contributed by atoms with van der Waals surface area (Å²) < 4.78 is 17.7. The highest BCUT2D eigenvalue weighted by Crippen LogP contribution is 2.26. The molecule has 1 aliphatic heterocycles. The Balaban J connectivity index is 2.61. The summed E-state index contributed by atoms with van der Waals surface area (Å²) in [5, 5.41) is 57.2. The molecule has 0 saturated carbocycles. The number of allylic oxidation sites excluding steroid dienone is 5. The Morgan fingerprint density at radius 3 is 1.28 bits per heavy atom. The molecule has 0 aromatic rings. The number of esters is 1. The van der Waals surface area contributed by atoms with Crippen molar-refractivity contribution in [3.05, 3.63) is 36.5 Å². The van der Waals surface area contributed by atoms with Crippen molar-refractivity contribution in [3.63, 3.8) is 0 Å². The van der Waals surface area contributed by atoms with Crippen molar-refractivity contribution in [3.8, 4) is 0 Å². The SMILES string of the molecule is CCCCC/C=C\C/C=C\CCCCCCCCCC(=O)OC1C(OCC(NC(=O)C(O)CCCCCCCCCCCCCCCCCCCCCCCC)C(O)/C=C/CCCCCCCCCCCCC)OC(CO)C(O)C1O. The molecule has 0 aromatic carbocycles. The van der Waals surface area contributed by atoms with Gasteiger partial charge in [-0.3, -0.25) is 9.59 Å². The van der Waals surface area contributed by atoms with Gasteiger partial charge in [0.2, 0.25) is 5.91 Å². The lowest BCUT2D eigenvalue weighted by Crippen LogP contribution is -2.61. The molecule has 8 atom stereocenters. The maximum atomic E-state index is 13.5. The number of amides is 1. The maximum Gasteiger partial charge on any atom is 0.306 e. The zero-order valence-corrected chi connectivity index (χ0v) is 52.9. The Labute approximate surface area is 498 Å². The maximum absolute atomic E-state index is 13.5. The molecule has 81 heavy (non-hydrogen) atoms. The first kappa shape index (κ1) is 76.9. The van der Waals surface area contributed by atoms with Crippen LogP contribution in [-0.2, 0) is 23.8 Å². The van der Waals surface area contributed by atoms with Gasteiger partial charge in [0.15, 0.2) is 12.4 Å². The van der Waals surface area contributed by atoms with Gasteiger partial charge in [-0.1, -0.05) is 308 Å². The minimum absolute atomic E-state index is 0.117. The van der Waals surface area contributed by atoms with Crippen LogP contribution in [0.3, 0.4) is 0 Å². The summed E-state index contributed by atoms with van der Waals surface area (Å²) in [4.78, 5) is 26.6. The van der Waals surface area contributed by atoms with Gasteiger partial charge in [-0.15, -0.1) is 0 Å². The van der Waals surface area contributed by atoms with Crippen molar-refractivity contribution in [2.24, 2.45) is 0 Å². The Morgan fingerprint density at radius 1 is 0.481 bits per heavy atom. The molecule has 476 valence electrons. The van der Waals surface area contributed by atoms with Crippen LogP contribution < -0.4 is 5.32 Å². The van der Waals surface area contributed by atoms with E-state index in [-0.39, 0.29) is 13.0 Å². The summed E-state index contributed by atoms with van der Waals surface area (Å²) in [6, 6.07) is -1.02. The molecule has 11 heteroatoms. The lowest BCUT2D eigenvalue weighted by molar-refractivity contribution is -0.305.